The molecule has 0 unspecified atom stereocenters. The molecule has 0 saturated heterocycles. The Morgan fingerprint density at radius 1 is 1.06 bits per heavy atom. The normalized spacial score (nSPS) is 11.3. The van der Waals surface area contributed by atoms with Crippen molar-refractivity contribution in [2.45, 2.75) is 11.4 Å². The van der Waals surface area contributed by atoms with Crippen LogP contribution in [0.25, 0.3) is 0 Å². The highest BCUT2D eigenvalue weighted by molar-refractivity contribution is 14.0. The Hall–Kier alpha value is -2.38. The van der Waals surface area contributed by atoms with Gasteiger partial charge in [-0.05, 0) is 29.8 Å². The predicted molar refractivity (Wildman–Crippen MR) is 131 cm³/mol. The summed E-state index contributed by atoms with van der Waals surface area (Å²) in [5, 5.41) is 11.2. The number of para-hydroxylation sites is 1. The van der Waals surface area contributed by atoms with E-state index in [1.165, 1.54) is 17.0 Å². The van der Waals surface area contributed by atoms with Crippen molar-refractivity contribution in [3.8, 4) is 5.75 Å². The summed E-state index contributed by atoms with van der Waals surface area (Å²) in [6, 6.07) is 15.6. The van der Waals surface area contributed by atoms with Crippen molar-refractivity contribution >= 4 is 45.9 Å². The van der Waals surface area contributed by atoms with Crippen molar-refractivity contribution < 1.29 is 17.9 Å². The number of nitrogens with two attached hydrogens (primary N) is 1. The fourth-order valence-corrected chi connectivity index (χ4v) is 2.82. The zero-order valence-electron chi connectivity index (χ0n) is 17.4. The van der Waals surface area contributed by atoms with Gasteiger partial charge in [-0.3, -0.25) is 4.79 Å². The molecule has 0 aliphatic rings. The highest BCUT2D eigenvalue weighted by Crippen LogP contribution is 2.09. The van der Waals surface area contributed by atoms with E-state index in [-0.39, 0.29) is 47.9 Å². The number of rotatable bonds is 9. The number of halogens is 1. The molecule has 0 bridgehead atoms. The third-order valence-electron chi connectivity index (χ3n) is 3.98. The lowest BCUT2D eigenvalue weighted by Gasteiger charge is -2.15. The van der Waals surface area contributed by atoms with E-state index in [9.17, 15) is 13.2 Å². The smallest absolute Gasteiger partial charge is 0.241 e. The first kappa shape index (κ1) is 26.7. The van der Waals surface area contributed by atoms with Gasteiger partial charge in [-0.25, -0.2) is 18.5 Å². The summed E-state index contributed by atoms with van der Waals surface area (Å²) in [5.41, 5.74) is 0.794. The number of likely N-dealkylation sites (N-methyl/N-ethyl adjacent to an activating group) is 1. The molecule has 0 saturated carbocycles. The van der Waals surface area contributed by atoms with Crippen LogP contribution in [0.4, 0.5) is 0 Å². The summed E-state index contributed by atoms with van der Waals surface area (Å²) in [6.07, 6.45) is 0. The van der Waals surface area contributed by atoms with Gasteiger partial charge in [0.2, 0.25) is 15.9 Å². The highest BCUT2D eigenvalue weighted by atomic mass is 127. The maximum absolute atomic E-state index is 11.9. The van der Waals surface area contributed by atoms with Crippen LogP contribution in [0.2, 0.25) is 0 Å². The van der Waals surface area contributed by atoms with E-state index in [2.05, 4.69) is 15.6 Å². The van der Waals surface area contributed by atoms with E-state index >= 15 is 0 Å². The molecule has 170 valence electrons. The molecule has 0 atom stereocenters. The van der Waals surface area contributed by atoms with Gasteiger partial charge < -0.3 is 20.3 Å². The third kappa shape index (κ3) is 9.98. The van der Waals surface area contributed by atoms with Gasteiger partial charge in [0.15, 0.2) is 5.96 Å². The summed E-state index contributed by atoms with van der Waals surface area (Å²) >= 11 is 0. The van der Waals surface area contributed by atoms with E-state index in [0.717, 1.165) is 11.3 Å². The van der Waals surface area contributed by atoms with Crippen molar-refractivity contribution in [2.24, 2.45) is 10.1 Å². The molecule has 1 amide bonds. The Morgan fingerprint density at radius 3 is 2.29 bits per heavy atom. The van der Waals surface area contributed by atoms with Crippen LogP contribution in [0.3, 0.4) is 0 Å². The van der Waals surface area contributed by atoms with E-state index in [1.807, 2.05) is 30.3 Å². The fourth-order valence-electron chi connectivity index (χ4n) is 2.30. The number of sulfonamides is 1. The second-order valence-corrected chi connectivity index (χ2v) is 8.15. The summed E-state index contributed by atoms with van der Waals surface area (Å²) in [4.78, 5) is 17.8. The maximum Gasteiger partial charge on any atom is 0.241 e. The topological polar surface area (TPSA) is 126 Å². The number of hydrogen-bond donors (Lipinski definition) is 3. The van der Waals surface area contributed by atoms with Gasteiger partial charge >= 0.3 is 0 Å². The summed E-state index contributed by atoms with van der Waals surface area (Å²) in [6.45, 7) is 1.26. The second kappa shape index (κ2) is 13.1. The number of benzene rings is 2. The number of nitrogens with zero attached hydrogens (tertiary/aromatic N) is 2. The Balaban J connectivity index is 0.00000480. The van der Waals surface area contributed by atoms with Crippen molar-refractivity contribution in [2.75, 3.05) is 33.8 Å². The van der Waals surface area contributed by atoms with Gasteiger partial charge in [-0.15, -0.1) is 24.0 Å². The maximum atomic E-state index is 11.9. The molecule has 11 heteroatoms. The zero-order valence-corrected chi connectivity index (χ0v) is 20.6. The van der Waals surface area contributed by atoms with Crippen LogP contribution in [0.15, 0.2) is 64.5 Å². The van der Waals surface area contributed by atoms with Gasteiger partial charge in [0, 0.05) is 14.1 Å². The number of aliphatic imine (C=N–C) groups is 1. The van der Waals surface area contributed by atoms with Gasteiger partial charge in [-0.1, -0.05) is 30.3 Å². The minimum absolute atomic E-state index is 0. The lowest BCUT2D eigenvalue weighted by molar-refractivity contribution is -0.127. The molecule has 2 rings (SSSR count). The largest absolute Gasteiger partial charge is 0.492 e. The van der Waals surface area contributed by atoms with E-state index in [4.69, 9.17) is 9.88 Å². The lowest BCUT2D eigenvalue weighted by Crippen LogP contribution is -2.44. The number of primary sulfonamides is 1. The molecule has 0 aliphatic heterocycles. The minimum Gasteiger partial charge on any atom is -0.492 e. The summed E-state index contributed by atoms with van der Waals surface area (Å²) < 4.78 is 28.3. The first-order chi connectivity index (χ1) is 14.3. The Bertz CT molecular complexity index is 951. The summed E-state index contributed by atoms with van der Waals surface area (Å²) in [5.74, 6) is 1.11. The van der Waals surface area contributed by atoms with Crippen LogP contribution in [-0.2, 0) is 21.4 Å². The van der Waals surface area contributed by atoms with Crippen LogP contribution in [-0.4, -0.2) is 59.0 Å². The van der Waals surface area contributed by atoms with Crippen LogP contribution < -0.4 is 20.5 Å². The van der Waals surface area contributed by atoms with Crippen molar-refractivity contribution in [1.82, 2.24) is 15.5 Å². The predicted octanol–water partition coefficient (Wildman–Crippen LogP) is 1.15. The van der Waals surface area contributed by atoms with Gasteiger partial charge in [0.05, 0.1) is 24.5 Å². The molecule has 2 aromatic carbocycles. The lowest BCUT2D eigenvalue weighted by atomic mass is 10.2. The van der Waals surface area contributed by atoms with E-state index < -0.39 is 10.0 Å². The SMILES string of the molecule is CN(C)C(=O)CNC(=NCc1ccc(S(N)(=O)=O)cc1)NCCOc1ccccc1.I. The van der Waals surface area contributed by atoms with Crippen LogP contribution in [0.5, 0.6) is 5.75 Å². The Labute approximate surface area is 200 Å². The van der Waals surface area contributed by atoms with Crippen molar-refractivity contribution in [3.63, 3.8) is 0 Å². The van der Waals surface area contributed by atoms with Crippen LogP contribution >= 0.6 is 24.0 Å². The molecule has 0 aromatic heterocycles. The number of hydrogen-bond acceptors (Lipinski definition) is 5. The Morgan fingerprint density at radius 2 is 1.71 bits per heavy atom. The van der Waals surface area contributed by atoms with Gasteiger partial charge in [-0.2, -0.15) is 0 Å². The second-order valence-electron chi connectivity index (χ2n) is 6.58. The molecule has 0 aliphatic carbocycles. The van der Waals surface area contributed by atoms with Crippen molar-refractivity contribution in [1.29, 1.82) is 0 Å². The molecule has 0 spiro atoms. The van der Waals surface area contributed by atoms with Crippen LogP contribution in [0, 0.1) is 0 Å². The molecule has 0 radical (unpaired) electrons. The first-order valence-electron chi connectivity index (χ1n) is 9.27. The standard InChI is InChI=1S/C20H27N5O4S.HI/c1-25(2)19(26)15-24-20(22-12-13-29-17-6-4-3-5-7-17)23-14-16-8-10-18(11-9-16)30(21,27)28;/h3-11H,12-15H2,1-2H3,(H2,21,27,28)(H2,22,23,24);1H. The van der Waals surface area contributed by atoms with E-state index in [1.54, 1.807) is 26.2 Å². The Kier molecular flexibility index (Phi) is 11.3. The number of amides is 1. The number of nitrogens with one attached hydrogen (secondary N) is 2. The van der Waals surface area contributed by atoms with Crippen molar-refractivity contribution in [3.05, 3.63) is 60.2 Å². The third-order valence-corrected chi connectivity index (χ3v) is 4.91. The minimum atomic E-state index is -3.73. The molecule has 4 N–H and O–H groups in total. The van der Waals surface area contributed by atoms with Gasteiger partial charge in [0.25, 0.3) is 0 Å². The molecule has 0 heterocycles. The number of carbonyl (C=O) groups is 1. The number of carbonyl (C=O) groups excluding carboxylic acids is 1. The monoisotopic (exact) mass is 561 g/mol. The van der Waals surface area contributed by atoms with E-state index in [0.29, 0.717) is 19.1 Å². The fraction of sp³-hybridized carbons (Fsp3) is 0.300. The molecular formula is C20H28IN5O4S. The average molecular weight is 561 g/mol. The quantitative estimate of drug-likeness (QED) is 0.183. The number of ether oxygens (including phenoxy) is 1. The number of guanidine groups is 1. The molecular weight excluding hydrogens is 533 g/mol. The molecule has 31 heavy (non-hydrogen) atoms. The average Bonchev–Trinajstić information content (AvgIpc) is 2.72. The molecule has 2 aromatic rings. The van der Waals surface area contributed by atoms with Gasteiger partial charge in [0.1, 0.15) is 12.4 Å². The first-order valence-corrected chi connectivity index (χ1v) is 10.8. The molecule has 0 fully saturated rings. The zero-order chi connectivity index (χ0) is 22.0. The molecule has 9 nitrogen and oxygen atoms in total. The summed E-state index contributed by atoms with van der Waals surface area (Å²) in [7, 11) is -0.380. The highest BCUT2D eigenvalue weighted by Gasteiger charge is 2.08. The van der Waals surface area contributed by atoms with Crippen LogP contribution in [0.1, 0.15) is 5.56 Å².